The Morgan fingerprint density at radius 2 is 2.00 bits per heavy atom. The Morgan fingerprint density at radius 3 is 2.54 bits per heavy atom. The fraction of sp³-hybridized carbons (Fsp3) is 0.714. The van der Waals surface area contributed by atoms with Crippen molar-refractivity contribution < 1.29 is 14.3 Å². The van der Waals surface area contributed by atoms with E-state index >= 15 is 0 Å². The maximum absolute atomic E-state index is 11.3. The Morgan fingerprint density at radius 1 is 1.38 bits per heavy atom. The molecule has 0 aromatic carbocycles. The first-order chi connectivity index (χ1) is 6.20. The van der Waals surface area contributed by atoms with Gasteiger partial charge in [-0.05, 0) is 0 Å². The van der Waals surface area contributed by atoms with Crippen LogP contribution in [0.5, 0.6) is 0 Å². The average molecular weight is 187 g/mol. The summed E-state index contributed by atoms with van der Waals surface area (Å²) in [4.78, 5) is 23.1. The van der Waals surface area contributed by atoms with Crippen molar-refractivity contribution in [3.05, 3.63) is 0 Å². The number of ether oxygens (including phenoxy) is 1. The maximum atomic E-state index is 11.3. The van der Waals surface area contributed by atoms with E-state index in [-0.39, 0.29) is 12.5 Å². The minimum Gasteiger partial charge on any atom is -0.440 e. The normalized spacial score (nSPS) is 16.8. The lowest BCUT2D eigenvalue weighted by molar-refractivity contribution is -0.134. The van der Waals surface area contributed by atoms with Crippen LogP contribution in [0.15, 0.2) is 0 Å². The predicted octanol–water partition coefficient (Wildman–Crippen LogP) is -1.49. The van der Waals surface area contributed by atoms with Gasteiger partial charge in [0.2, 0.25) is 0 Å². The zero-order valence-electron chi connectivity index (χ0n) is 7.28. The lowest BCUT2D eigenvalue weighted by atomic mass is 10.3. The van der Waals surface area contributed by atoms with Crippen molar-refractivity contribution in [2.45, 2.75) is 0 Å². The zero-order chi connectivity index (χ0) is 9.68. The number of nitrogens with one attached hydrogen (secondary N) is 1. The Balaban J connectivity index is 2.25. The molecule has 0 spiro atoms. The van der Waals surface area contributed by atoms with Crippen LogP contribution in [0.1, 0.15) is 0 Å². The third kappa shape index (κ3) is 3.29. The number of piperazine rings is 1. The third-order valence-electron chi connectivity index (χ3n) is 1.81. The second-order valence-electron chi connectivity index (χ2n) is 2.74. The summed E-state index contributed by atoms with van der Waals surface area (Å²) in [5.74, 6) is -0.194. The minimum atomic E-state index is -0.913. The smallest absolute Gasteiger partial charge is 0.405 e. The summed E-state index contributed by atoms with van der Waals surface area (Å²) >= 11 is 0. The first kappa shape index (κ1) is 9.79. The molecule has 0 bridgehead atoms. The minimum absolute atomic E-state index is 0.194. The van der Waals surface area contributed by atoms with Crippen molar-refractivity contribution in [2.75, 3.05) is 32.8 Å². The fourth-order valence-electron chi connectivity index (χ4n) is 1.14. The molecular formula is C7H13N3O3. The standard InChI is InChI=1S/C7H13N3O3/c8-7(12)13-5-6(11)10-3-1-9-2-4-10/h9H,1-5H2,(H2,8,12). The van der Waals surface area contributed by atoms with Crippen molar-refractivity contribution in [1.29, 1.82) is 0 Å². The zero-order valence-corrected chi connectivity index (χ0v) is 7.28. The molecule has 1 aliphatic rings. The first-order valence-electron chi connectivity index (χ1n) is 4.11. The molecule has 2 amide bonds. The van der Waals surface area contributed by atoms with E-state index in [1.54, 1.807) is 4.90 Å². The molecule has 0 aromatic heterocycles. The molecule has 0 saturated carbocycles. The number of carbonyl (C=O) groups excluding carboxylic acids is 2. The van der Waals surface area contributed by atoms with Gasteiger partial charge in [-0.1, -0.05) is 0 Å². The molecule has 13 heavy (non-hydrogen) atoms. The number of nitrogens with zero attached hydrogens (tertiary/aromatic N) is 1. The summed E-state index contributed by atoms with van der Waals surface area (Å²) in [6.45, 7) is 2.61. The Hall–Kier alpha value is -1.30. The molecule has 1 fully saturated rings. The number of nitrogens with two attached hydrogens (primary N) is 1. The molecule has 0 atom stereocenters. The summed E-state index contributed by atoms with van der Waals surface area (Å²) in [6.07, 6.45) is -0.913. The number of rotatable bonds is 2. The molecular weight excluding hydrogens is 174 g/mol. The lowest BCUT2D eigenvalue weighted by Gasteiger charge is -2.26. The summed E-state index contributed by atoms with van der Waals surface area (Å²) < 4.78 is 4.38. The lowest BCUT2D eigenvalue weighted by Crippen LogP contribution is -2.47. The van der Waals surface area contributed by atoms with Crippen LogP contribution in [0.4, 0.5) is 4.79 Å². The maximum Gasteiger partial charge on any atom is 0.405 e. The van der Waals surface area contributed by atoms with Crippen molar-refractivity contribution in [3.8, 4) is 0 Å². The summed E-state index contributed by atoms with van der Waals surface area (Å²) in [7, 11) is 0. The van der Waals surface area contributed by atoms with E-state index < -0.39 is 6.09 Å². The van der Waals surface area contributed by atoms with Gasteiger partial charge in [-0.15, -0.1) is 0 Å². The van der Waals surface area contributed by atoms with Crippen LogP contribution in [-0.2, 0) is 9.53 Å². The molecule has 1 rings (SSSR count). The van der Waals surface area contributed by atoms with Crippen molar-refractivity contribution in [2.24, 2.45) is 5.73 Å². The van der Waals surface area contributed by atoms with Crippen molar-refractivity contribution >= 4 is 12.0 Å². The molecule has 6 nitrogen and oxygen atoms in total. The predicted molar refractivity (Wildman–Crippen MR) is 45.0 cm³/mol. The van der Waals surface area contributed by atoms with E-state index in [1.165, 1.54) is 0 Å². The fourth-order valence-corrected chi connectivity index (χ4v) is 1.14. The highest BCUT2D eigenvalue weighted by Gasteiger charge is 2.16. The van der Waals surface area contributed by atoms with Crippen LogP contribution in [0.3, 0.4) is 0 Å². The molecule has 6 heteroatoms. The second kappa shape index (κ2) is 4.66. The van der Waals surface area contributed by atoms with Gasteiger partial charge < -0.3 is 20.7 Å². The molecule has 0 radical (unpaired) electrons. The van der Waals surface area contributed by atoms with Gasteiger partial charge in [0.05, 0.1) is 0 Å². The average Bonchev–Trinajstić information content (AvgIpc) is 2.15. The van der Waals surface area contributed by atoms with Gasteiger partial charge in [-0.3, -0.25) is 4.79 Å². The van der Waals surface area contributed by atoms with Gasteiger partial charge >= 0.3 is 6.09 Å². The highest BCUT2D eigenvalue weighted by Crippen LogP contribution is 1.93. The molecule has 1 heterocycles. The molecule has 1 saturated heterocycles. The summed E-state index contributed by atoms with van der Waals surface area (Å²) in [5.41, 5.74) is 4.73. The number of carbonyl (C=O) groups is 2. The SMILES string of the molecule is NC(=O)OCC(=O)N1CCNCC1. The van der Waals surface area contributed by atoms with Crippen LogP contribution in [-0.4, -0.2) is 49.7 Å². The van der Waals surface area contributed by atoms with Gasteiger partial charge in [0.15, 0.2) is 6.61 Å². The molecule has 0 aromatic rings. The van der Waals surface area contributed by atoms with Crippen molar-refractivity contribution in [1.82, 2.24) is 10.2 Å². The van der Waals surface area contributed by atoms with E-state index in [1.807, 2.05) is 0 Å². The van der Waals surface area contributed by atoms with E-state index in [2.05, 4.69) is 10.1 Å². The number of hydrogen-bond donors (Lipinski definition) is 2. The summed E-state index contributed by atoms with van der Waals surface area (Å²) in [5, 5.41) is 3.11. The quantitative estimate of drug-likeness (QED) is 0.551. The van der Waals surface area contributed by atoms with E-state index in [9.17, 15) is 9.59 Å². The van der Waals surface area contributed by atoms with Crippen LogP contribution in [0, 0.1) is 0 Å². The van der Waals surface area contributed by atoms with Crippen LogP contribution >= 0.6 is 0 Å². The number of hydrogen-bond acceptors (Lipinski definition) is 4. The topological polar surface area (TPSA) is 84.7 Å². The van der Waals surface area contributed by atoms with Gasteiger partial charge in [0.25, 0.3) is 5.91 Å². The van der Waals surface area contributed by atoms with E-state index in [0.717, 1.165) is 13.1 Å². The third-order valence-corrected chi connectivity index (χ3v) is 1.81. The Kier molecular flexibility index (Phi) is 3.51. The summed E-state index contributed by atoms with van der Waals surface area (Å²) in [6, 6.07) is 0. The largest absolute Gasteiger partial charge is 0.440 e. The Bertz CT molecular complexity index is 201. The van der Waals surface area contributed by atoms with Crippen LogP contribution in [0.25, 0.3) is 0 Å². The number of primary amides is 1. The monoisotopic (exact) mass is 187 g/mol. The van der Waals surface area contributed by atoms with Crippen molar-refractivity contribution in [3.63, 3.8) is 0 Å². The second-order valence-corrected chi connectivity index (χ2v) is 2.74. The van der Waals surface area contributed by atoms with Crippen LogP contribution < -0.4 is 11.1 Å². The molecule has 1 aliphatic heterocycles. The molecule has 74 valence electrons. The molecule has 3 N–H and O–H groups in total. The molecule has 0 aliphatic carbocycles. The van der Waals surface area contributed by atoms with Crippen LogP contribution in [0.2, 0.25) is 0 Å². The molecule has 0 unspecified atom stereocenters. The van der Waals surface area contributed by atoms with Gasteiger partial charge in [-0.25, -0.2) is 4.79 Å². The Labute approximate surface area is 76.0 Å². The van der Waals surface area contributed by atoms with E-state index in [0.29, 0.717) is 13.1 Å². The van der Waals surface area contributed by atoms with Gasteiger partial charge in [0, 0.05) is 26.2 Å². The highest BCUT2D eigenvalue weighted by molar-refractivity contribution is 5.79. The van der Waals surface area contributed by atoms with E-state index in [4.69, 9.17) is 5.73 Å². The highest BCUT2D eigenvalue weighted by atomic mass is 16.5. The number of amides is 2. The van der Waals surface area contributed by atoms with Gasteiger partial charge in [-0.2, -0.15) is 0 Å². The first-order valence-corrected chi connectivity index (χ1v) is 4.11. The van der Waals surface area contributed by atoms with Gasteiger partial charge in [0.1, 0.15) is 0 Å².